The lowest BCUT2D eigenvalue weighted by Crippen LogP contribution is -2.65. The van der Waals surface area contributed by atoms with Crippen LogP contribution in [0.3, 0.4) is 0 Å². The Labute approximate surface area is 112 Å². The summed E-state index contributed by atoms with van der Waals surface area (Å²) in [5, 5.41) is 2.31. The van der Waals surface area contributed by atoms with Crippen LogP contribution in [0.1, 0.15) is 39.5 Å². The summed E-state index contributed by atoms with van der Waals surface area (Å²) >= 11 is 0. The molecule has 2 fully saturated rings. The first-order valence-corrected chi connectivity index (χ1v) is 6.55. The van der Waals surface area contributed by atoms with Crippen molar-refractivity contribution in [3.63, 3.8) is 0 Å². The molecule has 1 aliphatic carbocycles. The van der Waals surface area contributed by atoms with Gasteiger partial charge >= 0.3 is 6.03 Å². The predicted molar refractivity (Wildman–Crippen MR) is 67.2 cm³/mol. The number of nitrogens with one attached hydrogen (secondary N) is 1. The highest BCUT2D eigenvalue weighted by Gasteiger charge is 2.55. The molecule has 0 atom stereocenters. The fourth-order valence-corrected chi connectivity index (χ4v) is 2.74. The fourth-order valence-electron chi connectivity index (χ4n) is 2.74. The molecule has 1 N–H and O–H groups in total. The third kappa shape index (κ3) is 2.25. The van der Waals surface area contributed by atoms with Crippen LogP contribution >= 0.6 is 0 Å². The summed E-state index contributed by atoms with van der Waals surface area (Å²) in [6.45, 7) is 3.74. The van der Waals surface area contributed by atoms with E-state index in [0.29, 0.717) is 12.8 Å². The summed E-state index contributed by atoms with van der Waals surface area (Å²) in [6.07, 6.45) is 2.73. The Kier molecular flexibility index (Phi) is 3.38. The summed E-state index contributed by atoms with van der Waals surface area (Å²) < 4.78 is 5.26. The van der Waals surface area contributed by atoms with Gasteiger partial charge in [0.1, 0.15) is 5.41 Å². The average Bonchev–Trinajstić information content (AvgIpc) is 2.84. The van der Waals surface area contributed by atoms with E-state index in [2.05, 4.69) is 5.32 Å². The number of hydrogen-bond donors (Lipinski definition) is 1. The summed E-state index contributed by atoms with van der Waals surface area (Å²) in [5.74, 6) is -0.810. The third-order valence-corrected chi connectivity index (χ3v) is 4.10. The lowest BCUT2D eigenvalue weighted by Gasteiger charge is -2.39. The Morgan fingerprint density at radius 1 is 1.26 bits per heavy atom. The van der Waals surface area contributed by atoms with Gasteiger partial charge in [-0.25, -0.2) is 4.79 Å². The summed E-state index contributed by atoms with van der Waals surface area (Å²) in [7, 11) is 1.53. The third-order valence-electron chi connectivity index (χ3n) is 4.10. The molecular formula is C13H20N2O4. The number of carbonyl (C=O) groups is 3. The molecular weight excluding hydrogens is 248 g/mol. The number of carbonyl (C=O) groups excluding carboxylic acids is 3. The highest BCUT2D eigenvalue weighted by molar-refractivity contribution is 6.19. The van der Waals surface area contributed by atoms with Crippen LogP contribution in [-0.4, -0.2) is 42.0 Å². The predicted octanol–water partition coefficient (Wildman–Crippen LogP) is 1.05. The highest BCUT2D eigenvalue weighted by atomic mass is 16.5. The number of imide groups is 2. The number of rotatable bonds is 3. The largest absolute Gasteiger partial charge is 0.377 e. The molecule has 1 spiro atoms. The van der Waals surface area contributed by atoms with Crippen LogP contribution in [0.25, 0.3) is 0 Å². The second-order valence-corrected chi connectivity index (χ2v) is 5.90. The topological polar surface area (TPSA) is 75.7 Å². The van der Waals surface area contributed by atoms with Crippen LogP contribution in [0.5, 0.6) is 0 Å². The van der Waals surface area contributed by atoms with E-state index in [-0.39, 0.29) is 12.5 Å². The van der Waals surface area contributed by atoms with Crippen LogP contribution in [0.4, 0.5) is 4.79 Å². The molecule has 0 bridgehead atoms. The number of methoxy groups -OCH3 is 1. The lowest BCUT2D eigenvalue weighted by molar-refractivity contribution is -0.153. The van der Waals surface area contributed by atoms with Gasteiger partial charge in [0.25, 0.3) is 0 Å². The zero-order valence-corrected chi connectivity index (χ0v) is 11.6. The Morgan fingerprint density at radius 3 is 2.37 bits per heavy atom. The van der Waals surface area contributed by atoms with Crippen molar-refractivity contribution in [2.75, 3.05) is 13.7 Å². The maximum absolute atomic E-state index is 12.6. The van der Waals surface area contributed by atoms with E-state index in [1.165, 1.54) is 7.11 Å². The van der Waals surface area contributed by atoms with Gasteiger partial charge < -0.3 is 4.74 Å². The average molecular weight is 268 g/mol. The monoisotopic (exact) mass is 268 g/mol. The Bertz CT molecular complexity index is 424. The number of nitrogens with zero attached hydrogens (tertiary/aromatic N) is 1. The van der Waals surface area contributed by atoms with Crippen molar-refractivity contribution in [1.29, 1.82) is 0 Å². The van der Waals surface area contributed by atoms with Crippen molar-refractivity contribution >= 4 is 17.8 Å². The van der Waals surface area contributed by atoms with Crippen molar-refractivity contribution in [2.24, 2.45) is 5.41 Å². The number of barbiturate groups is 1. The molecule has 0 unspecified atom stereocenters. The zero-order chi connectivity index (χ0) is 14.3. The molecule has 4 amide bonds. The van der Waals surface area contributed by atoms with Crippen LogP contribution in [0, 0.1) is 5.41 Å². The molecule has 2 aliphatic rings. The minimum Gasteiger partial charge on any atom is -0.377 e. The first kappa shape index (κ1) is 14.0. The van der Waals surface area contributed by atoms with E-state index in [9.17, 15) is 14.4 Å². The standard InChI is InChI=1S/C13H20N2O4/c1-12(2,19-3)8-15-10(17)13(6-4-5-7-13)9(16)14-11(15)18/h4-8H2,1-3H3,(H,14,16,18). The molecule has 6 heteroatoms. The number of hydrogen-bond acceptors (Lipinski definition) is 4. The summed E-state index contributed by atoms with van der Waals surface area (Å²) in [6, 6.07) is -0.641. The van der Waals surface area contributed by atoms with E-state index in [1.54, 1.807) is 13.8 Å². The molecule has 0 aromatic rings. The summed E-state index contributed by atoms with van der Waals surface area (Å²) in [5.41, 5.74) is -1.66. The van der Waals surface area contributed by atoms with E-state index in [4.69, 9.17) is 4.74 Å². The molecule has 1 saturated heterocycles. The van der Waals surface area contributed by atoms with Crippen molar-refractivity contribution in [3.8, 4) is 0 Å². The summed E-state index contributed by atoms with van der Waals surface area (Å²) in [4.78, 5) is 37.5. The van der Waals surface area contributed by atoms with Gasteiger partial charge in [0.2, 0.25) is 11.8 Å². The van der Waals surface area contributed by atoms with Gasteiger partial charge in [-0.05, 0) is 26.7 Å². The van der Waals surface area contributed by atoms with Gasteiger partial charge in [-0.3, -0.25) is 19.8 Å². The Morgan fingerprint density at radius 2 is 1.84 bits per heavy atom. The molecule has 1 heterocycles. The first-order valence-electron chi connectivity index (χ1n) is 6.55. The number of ether oxygens (including phenoxy) is 1. The van der Waals surface area contributed by atoms with Crippen molar-refractivity contribution in [1.82, 2.24) is 10.2 Å². The van der Waals surface area contributed by atoms with E-state index in [1.807, 2.05) is 0 Å². The molecule has 1 saturated carbocycles. The van der Waals surface area contributed by atoms with Gasteiger partial charge in [-0.15, -0.1) is 0 Å². The molecule has 2 rings (SSSR count). The van der Waals surface area contributed by atoms with Crippen LogP contribution < -0.4 is 5.32 Å². The Hall–Kier alpha value is -1.43. The first-order chi connectivity index (χ1) is 8.82. The van der Waals surface area contributed by atoms with Gasteiger partial charge in [-0.2, -0.15) is 0 Å². The second-order valence-electron chi connectivity index (χ2n) is 5.90. The molecule has 1 aliphatic heterocycles. The minimum absolute atomic E-state index is 0.142. The maximum atomic E-state index is 12.6. The molecule has 6 nitrogen and oxygen atoms in total. The molecule has 0 aromatic carbocycles. The zero-order valence-electron chi connectivity index (χ0n) is 11.6. The Balaban J connectivity index is 2.26. The van der Waals surface area contributed by atoms with E-state index >= 15 is 0 Å². The number of amides is 4. The maximum Gasteiger partial charge on any atom is 0.330 e. The van der Waals surface area contributed by atoms with Gasteiger partial charge in [0.05, 0.1) is 12.1 Å². The lowest BCUT2D eigenvalue weighted by atomic mass is 9.82. The quantitative estimate of drug-likeness (QED) is 0.776. The van der Waals surface area contributed by atoms with E-state index < -0.39 is 23.0 Å². The highest BCUT2D eigenvalue weighted by Crippen LogP contribution is 2.42. The minimum atomic E-state index is -1.03. The van der Waals surface area contributed by atoms with Gasteiger partial charge in [0.15, 0.2) is 0 Å². The van der Waals surface area contributed by atoms with Crippen molar-refractivity contribution in [2.45, 2.75) is 45.1 Å². The smallest absolute Gasteiger partial charge is 0.330 e. The molecule has 106 valence electrons. The number of urea groups is 1. The normalized spacial score (nSPS) is 23.1. The second kappa shape index (κ2) is 4.59. The van der Waals surface area contributed by atoms with Crippen molar-refractivity contribution < 1.29 is 19.1 Å². The molecule has 19 heavy (non-hydrogen) atoms. The van der Waals surface area contributed by atoms with Crippen LogP contribution in [0.2, 0.25) is 0 Å². The molecule has 0 radical (unpaired) electrons. The van der Waals surface area contributed by atoms with Crippen LogP contribution in [0.15, 0.2) is 0 Å². The SMILES string of the molecule is COC(C)(C)CN1C(=O)NC(=O)C2(CCCC2)C1=O. The fraction of sp³-hybridized carbons (Fsp3) is 0.769. The van der Waals surface area contributed by atoms with Gasteiger partial charge in [-0.1, -0.05) is 12.8 Å². The molecule has 0 aromatic heterocycles. The van der Waals surface area contributed by atoms with Crippen molar-refractivity contribution in [3.05, 3.63) is 0 Å². The van der Waals surface area contributed by atoms with Gasteiger partial charge in [0, 0.05) is 7.11 Å². The van der Waals surface area contributed by atoms with E-state index in [0.717, 1.165) is 17.7 Å². The van der Waals surface area contributed by atoms with Crippen LogP contribution in [-0.2, 0) is 14.3 Å².